The zero-order valence-corrected chi connectivity index (χ0v) is 9.21. The monoisotopic (exact) mass is 229 g/mol. The van der Waals surface area contributed by atoms with Gasteiger partial charge >= 0.3 is 5.97 Å². The molecule has 0 radical (unpaired) electrons. The summed E-state index contributed by atoms with van der Waals surface area (Å²) in [7, 11) is 1.81. The van der Waals surface area contributed by atoms with Crippen molar-refractivity contribution in [2.75, 3.05) is 12.4 Å². The number of rotatable bonds is 3. The molecule has 0 saturated heterocycles. The SMILES string of the molecule is CNc1cccnc1-c1ccc(C(=O)O)nc1. The zero-order chi connectivity index (χ0) is 12.3. The van der Waals surface area contributed by atoms with Gasteiger partial charge in [0.05, 0.1) is 11.4 Å². The van der Waals surface area contributed by atoms with Gasteiger partial charge in [0, 0.05) is 25.0 Å². The van der Waals surface area contributed by atoms with E-state index in [2.05, 4.69) is 15.3 Å². The topological polar surface area (TPSA) is 75.1 Å². The van der Waals surface area contributed by atoms with E-state index in [1.54, 1.807) is 19.3 Å². The van der Waals surface area contributed by atoms with Crippen LogP contribution in [0.15, 0.2) is 36.7 Å². The minimum absolute atomic E-state index is 0.0238. The van der Waals surface area contributed by atoms with Crippen LogP contribution in [-0.4, -0.2) is 28.1 Å². The average Bonchev–Trinajstić information content (AvgIpc) is 2.39. The molecule has 0 fully saturated rings. The van der Waals surface area contributed by atoms with Gasteiger partial charge in [0.1, 0.15) is 5.69 Å². The highest BCUT2D eigenvalue weighted by atomic mass is 16.4. The van der Waals surface area contributed by atoms with Crippen LogP contribution in [0.4, 0.5) is 5.69 Å². The second-order valence-electron chi connectivity index (χ2n) is 3.39. The summed E-state index contributed by atoms with van der Waals surface area (Å²) in [5, 5.41) is 11.8. The first kappa shape index (κ1) is 11.1. The first-order valence-electron chi connectivity index (χ1n) is 5.05. The number of nitrogens with zero attached hydrogens (tertiary/aromatic N) is 2. The Labute approximate surface area is 98.2 Å². The van der Waals surface area contributed by atoms with Gasteiger partial charge in [0.15, 0.2) is 0 Å². The van der Waals surface area contributed by atoms with E-state index in [0.717, 1.165) is 16.9 Å². The van der Waals surface area contributed by atoms with Crippen LogP contribution < -0.4 is 5.32 Å². The summed E-state index contributed by atoms with van der Waals surface area (Å²) < 4.78 is 0. The van der Waals surface area contributed by atoms with E-state index in [4.69, 9.17) is 5.11 Å². The van der Waals surface area contributed by atoms with Crippen molar-refractivity contribution in [2.45, 2.75) is 0 Å². The molecule has 0 aromatic carbocycles. The van der Waals surface area contributed by atoms with Crippen LogP contribution in [0.1, 0.15) is 10.5 Å². The largest absolute Gasteiger partial charge is 0.477 e. The van der Waals surface area contributed by atoms with E-state index in [-0.39, 0.29) is 5.69 Å². The fourth-order valence-corrected chi connectivity index (χ4v) is 1.50. The van der Waals surface area contributed by atoms with Gasteiger partial charge in [-0.05, 0) is 24.3 Å². The Morgan fingerprint density at radius 3 is 2.71 bits per heavy atom. The van der Waals surface area contributed by atoms with Gasteiger partial charge in [-0.25, -0.2) is 9.78 Å². The Hall–Kier alpha value is -2.43. The van der Waals surface area contributed by atoms with Crippen molar-refractivity contribution >= 4 is 11.7 Å². The lowest BCUT2D eigenvalue weighted by Crippen LogP contribution is -2.00. The number of hydrogen-bond donors (Lipinski definition) is 2. The maximum absolute atomic E-state index is 10.7. The summed E-state index contributed by atoms with van der Waals surface area (Å²) >= 11 is 0. The quantitative estimate of drug-likeness (QED) is 0.840. The van der Waals surface area contributed by atoms with Crippen molar-refractivity contribution in [3.63, 3.8) is 0 Å². The highest BCUT2D eigenvalue weighted by molar-refractivity contribution is 5.86. The molecule has 0 saturated carbocycles. The molecule has 0 atom stereocenters. The highest BCUT2D eigenvalue weighted by Crippen LogP contribution is 2.24. The third-order valence-electron chi connectivity index (χ3n) is 2.33. The van der Waals surface area contributed by atoms with Crippen LogP contribution in [0.2, 0.25) is 0 Å². The van der Waals surface area contributed by atoms with Gasteiger partial charge < -0.3 is 10.4 Å². The number of carboxylic acids is 1. The Bertz CT molecular complexity index is 538. The Kier molecular flexibility index (Phi) is 3.00. The third-order valence-corrected chi connectivity index (χ3v) is 2.33. The van der Waals surface area contributed by atoms with E-state index in [1.165, 1.54) is 12.3 Å². The van der Waals surface area contributed by atoms with Gasteiger partial charge in [-0.3, -0.25) is 4.98 Å². The van der Waals surface area contributed by atoms with Gasteiger partial charge in [0.25, 0.3) is 0 Å². The number of carboxylic acid groups (broad SMARTS) is 1. The summed E-state index contributed by atoms with van der Waals surface area (Å²) in [6, 6.07) is 6.88. The highest BCUT2D eigenvalue weighted by Gasteiger charge is 2.08. The van der Waals surface area contributed by atoms with E-state index in [9.17, 15) is 4.79 Å². The van der Waals surface area contributed by atoms with Gasteiger partial charge in [-0.15, -0.1) is 0 Å². The fourth-order valence-electron chi connectivity index (χ4n) is 1.50. The van der Waals surface area contributed by atoms with E-state index >= 15 is 0 Å². The average molecular weight is 229 g/mol. The van der Waals surface area contributed by atoms with E-state index in [0.29, 0.717) is 0 Å². The second kappa shape index (κ2) is 4.61. The van der Waals surface area contributed by atoms with Crippen LogP contribution in [0, 0.1) is 0 Å². The normalized spacial score (nSPS) is 9.94. The van der Waals surface area contributed by atoms with Crippen molar-refractivity contribution in [3.05, 3.63) is 42.4 Å². The molecule has 2 aromatic heterocycles. The molecular weight excluding hydrogens is 218 g/mol. The maximum atomic E-state index is 10.7. The molecule has 2 N–H and O–H groups in total. The molecule has 2 heterocycles. The lowest BCUT2D eigenvalue weighted by atomic mass is 10.1. The van der Waals surface area contributed by atoms with Gasteiger partial charge in [0.2, 0.25) is 0 Å². The molecular formula is C12H11N3O2. The van der Waals surface area contributed by atoms with Crippen molar-refractivity contribution in [3.8, 4) is 11.3 Å². The Morgan fingerprint density at radius 1 is 1.29 bits per heavy atom. The minimum atomic E-state index is -1.04. The minimum Gasteiger partial charge on any atom is -0.477 e. The fraction of sp³-hybridized carbons (Fsp3) is 0.0833. The molecule has 0 unspecified atom stereocenters. The van der Waals surface area contributed by atoms with E-state index in [1.807, 2.05) is 12.1 Å². The number of carbonyl (C=O) groups is 1. The summed E-state index contributed by atoms with van der Waals surface area (Å²) in [5.41, 5.74) is 2.42. The number of aromatic nitrogens is 2. The van der Waals surface area contributed by atoms with Crippen molar-refractivity contribution in [1.29, 1.82) is 0 Å². The molecule has 17 heavy (non-hydrogen) atoms. The molecule has 5 heteroatoms. The summed E-state index contributed by atoms with van der Waals surface area (Å²) in [6.07, 6.45) is 3.19. The maximum Gasteiger partial charge on any atom is 0.354 e. The first-order valence-corrected chi connectivity index (χ1v) is 5.05. The predicted molar refractivity (Wildman–Crippen MR) is 64.0 cm³/mol. The Balaban J connectivity index is 2.43. The molecule has 2 rings (SSSR count). The molecule has 5 nitrogen and oxygen atoms in total. The molecule has 0 spiro atoms. The molecule has 0 aliphatic rings. The number of hydrogen-bond acceptors (Lipinski definition) is 4. The van der Waals surface area contributed by atoms with Crippen molar-refractivity contribution in [2.24, 2.45) is 0 Å². The zero-order valence-electron chi connectivity index (χ0n) is 9.21. The summed E-state index contributed by atoms with van der Waals surface area (Å²) in [4.78, 5) is 18.8. The molecule has 0 amide bonds. The van der Waals surface area contributed by atoms with Crippen LogP contribution in [-0.2, 0) is 0 Å². The molecule has 2 aromatic rings. The smallest absolute Gasteiger partial charge is 0.354 e. The van der Waals surface area contributed by atoms with Gasteiger partial charge in [-0.1, -0.05) is 0 Å². The lowest BCUT2D eigenvalue weighted by Gasteiger charge is -2.07. The second-order valence-corrected chi connectivity index (χ2v) is 3.39. The van der Waals surface area contributed by atoms with Crippen molar-refractivity contribution in [1.82, 2.24) is 9.97 Å². The molecule has 86 valence electrons. The van der Waals surface area contributed by atoms with E-state index < -0.39 is 5.97 Å². The molecule has 0 bridgehead atoms. The number of nitrogens with one attached hydrogen (secondary N) is 1. The number of aromatic carboxylic acids is 1. The molecule has 0 aliphatic heterocycles. The van der Waals surface area contributed by atoms with Crippen LogP contribution in [0.5, 0.6) is 0 Å². The molecule has 0 aliphatic carbocycles. The summed E-state index contributed by atoms with van der Waals surface area (Å²) in [5.74, 6) is -1.04. The Morgan fingerprint density at radius 2 is 2.12 bits per heavy atom. The lowest BCUT2D eigenvalue weighted by molar-refractivity contribution is 0.0690. The summed E-state index contributed by atoms with van der Waals surface area (Å²) in [6.45, 7) is 0. The van der Waals surface area contributed by atoms with Crippen molar-refractivity contribution < 1.29 is 9.90 Å². The van der Waals surface area contributed by atoms with Crippen LogP contribution in [0.3, 0.4) is 0 Å². The van der Waals surface area contributed by atoms with Gasteiger partial charge in [-0.2, -0.15) is 0 Å². The predicted octanol–water partition coefficient (Wildman–Crippen LogP) is 1.88. The van der Waals surface area contributed by atoms with Crippen LogP contribution >= 0.6 is 0 Å². The standard InChI is InChI=1S/C12H11N3O2/c1-13-9-3-2-6-14-11(9)8-4-5-10(12(16)17)15-7-8/h2-7,13H,1H3,(H,16,17). The first-order chi connectivity index (χ1) is 8.22. The number of anilines is 1. The third kappa shape index (κ3) is 2.23. The number of pyridine rings is 2. The van der Waals surface area contributed by atoms with Crippen LogP contribution in [0.25, 0.3) is 11.3 Å².